The minimum Gasteiger partial charge on any atom is -0.242 e. The van der Waals surface area contributed by atoms with E-state index in [-0.39, 0.29) is 0 Å². The largest absolute Gasteiger partial charge is 0.242 e. The van der Waals surface area contributed by atoms with Crippen LogP contribution in [0.2, 0.25) is 16.6 Å². The van der Waals surface area contributed by atoms with E-state index in [1.165, 1.54) is 9.60 Å². The summed E-state index contributed by atoms with van der Waals surface area (Å²) in [6.45, 7) is 16.6. The van der Waals surface area contributed by atoms with Gasteiger partial charge in [-0.25, -0.2) is 4.98 Å². The standard InChI is InChI=1S/C17H27NS2Si/c1-11(2)21(12(3)4,13(5)6)20-15-8-9-16-17(10-15)19-14(7)18-16/h8-13H,1-7H3. The highest BCUT2D eigenvalue weighted by Gasteiger charge is 2.44. The number of aryl methyl sites for hydroxylation is 1. The maximum absolute atomic E-state index is 4.58. The lowest BCUT2D eigenvalue weighted by atomic mass is 10.3. The highest BCUT2D eigenvalue weighted by molar-refractivity contribution is 8.29. The number of thiazole rings is 1. The van der Waals surface area contributed by atoms with Gasteiger partial charge in [0, 0.05) is 4.90 Å². The highest BCUT2D eigenvalue weighted by atomic mass is 32.4. The smallest absolute Gasteiger partial charge is 0.131 e. The number of fused-ring (bicyclic) bond motifs is 1. The Balaban J connectivity index is 2.42. The van der Waals surface area contributed by atoms with Crippen LogP contribution in [-0.2, 0) is 0 Å². The van der Waals surface area contributed by atoms with Crippen LogP contribution in [0.5, 0.6) is 0 Å². The first kappa shape index (κ1) is 17.0. The van der Waals surface area contributed by atoms with Crippen LogP contribution in [0.4, 0.5) is 0 Å². The topological polar surface area (TPSA) is 12.9 Å². The number of aromatic nitrogens is 1. The van der Waals surface area contributed by atoms with Gasteiger partial charge in [0.25, 0.3) is 0 Å². The molecule has 0 unspecified atom stereocenters. The molecule has 1 aromatic heterocycles. The monoisotopic (exact) mass is 337 g/mol. The molecule has 0 radical (unpaired) electrons. The third-order valence-electron chi connectivity index (χ3n) is 4.47. The van der Waals surface area contributed by atoms with Crippen molar-refractivity contribution in [2.24, 2.45) is 0 Å². The Kier molecular flexibility index (Phi) is 5.22. The number of hydrogen-bond acceptors (Lipinski definition) is 3. The second kappa shape index (κ2) is 6.43. The summed E-state index contributed by atoms with van der Waals surface area (Å²) in [5.74, 6) is 0. The molecule has 4 heteroatoms. The Hall–Kier alpha value is -0.323. The van der Waals surface area contributed by atoms with E-state index in [1.54, 1.807) is 0 Å². The lowest BCUT2D eigenvalue weighted by Gasteiger charge is -2.42. The molecule has 0 aliphatic carbocycles. The van der Waals surface area contributed by atoms with E-state index in [9.17, 15) is 0 Å². The zero-order chi connectivity index (χ0) is 15.8. The Morgan fingerprint density at radius 2 is 1.57 bits per heavy atom. The summed E-state index contributed by atoms with van der Waals surface area (Å²) in [6, 6.07) is 6.84. The predicted octanol–water partition coefficient (Wildman–Crippen LogP) is 6.87. The Bertz CT molecular complexity index is 595. The van der Waals surface area contributed by atoms with Gasteiger partial charge < -0.3 is 0 Å². The second-order valence-electron chi connectivity index (χ2n) is 6.78. The van der Waals surface area contributed by atoms with Crippen molar-refractivity contribution < 1.29 is 0 Å². The van der Waals surface area contributed by atoms with Gasteiger partial charge in [0.05, 0.1) is 15.2 Å². The average molecular weight is 338 g/mol. The third kappa shape index (κ3) is 3.22. The van der Waals surface area contributed by atoms with E-state index in [2.05, 4.69) is 82.9 Å². The molecule has 1 aromatic carbocycles. The first-order valence-corrected chi connectivity index (χ1v) is 12.4. The average Bonchev–Trinajstić information content (AvgIpc) is 2.73. The molecule has 0 atom stereocenters. The molecule has 2 aromatic rings. The molecule has 0 spiro atoms. The summed E-state index contributed by atoms with van der Waals surface area (Å²) in [5, 5.41) is 1.16. The van der Waals surface area contributed by atoms with Gasteiger partial charge in [-0.3, -0.25) is 0 Å². The van der Waals surface area contributed by atoms with E-state index < -0.39 is 7.22 Å². The quantitative estimate of drug-likeness (QED) is 0.552. The molecule has 1 nitrogen and oxygen atoms in total. The number of benzene rings is 1. The van der Waals surface area contributed by atoms with Crippen molar-refractivity contribution in [3.8, 4) is 0 Å². The zero-order valence-electron chi connectivity index (χ0n) is 14.2. The second-order valence-corrected chi connectivity index (χ2v) is 16.6. The number of hydrogen-bond donors (Lipinski definition) is 0. The van der Waals surface area contributed by atoms with Gasteiger partial charge >= 0.3 is 0 Å². The van der Waals surface area contributed by atoms with Crippen molar-refractivity contribution in [1.29, 1.82) is 0 Å². The van der Waals surface area contributed by atoms with E-state index in [4.69, 9.17) is 0 Å². The van der Waals surface area contributed by atoms with Crippen LogP contribution in [0.3, 0.4) is 0 Å². The van der Waals surface area contributed by atoms with Crippen LogP contribution >= 0.6 is 22.5 Å². The molecule has 0 aliphatic heterocycles. The Morgan fingerprint density at radius 1 is 1.00 bits per heavy atom. The van der Waals surface area contributed by atoms with Crippen molar-refractivity contribution in [1.82, 2.24) is 4.98 Å². The summed E-state index contributed by atoms with van der Waals surface area (Å²) in [6.07, 6.45) is 0. The molecule has 21 heavy (non-hydrogen) atoms. The van der Waals surface area contributed by atoms with Gasteiger partial charge in [0.2, 0.25) is 0 Å². The van der Waals surface area contributed by atoms with E-state index in [0.29, 0.717) is 0 Å². The normalized spacial score (nSPS) is 13.0. The van der Waals surface area contributed by atoms with E-state index in [1.807, 2.05) is 11.3 Å². The van der Waals surface area contributed by atoms with Crippen molar-refractivity contribution in [3.63, 3.8) is 0 Å². The SMILES string of the molecule is Cc1nc2ccc(S[Si](C(C)C)(C(C)C)C(C)C)cc2s1. The van der Waals surface area contributed by atoms with Crippen LogP contribution in [0.1, 0.15) is 46.6 Å². The lowest BCUT2D eigenvalue weighted by Crippen LogP contribution is -2.40. The molecule has 0 aliphatic rings. The van der Waals surface area contributed by atoms with E-state index >= 15 is 0 Å². The van der Waals surface area contributed by atoms with Gasteiger partial charge in [0.15, 0.2) is 0 Å². The molecular formula is C17H27NS2Si. The fourth-order valence-corrected chi connectivity index (χ4v) is 13.7. The fraction of sp³-hybridized carbons (Fsp3) is 0.588. The maximum atomic E-state index is 4.58. The summed E-state index contributed by atoms with van der Waals surface area (Å²) >= 11 is 4.01. The fourth-order valence-electron chi connectivity index (χ4n) is 3.64. The van der Waals surface area contributed by atoms with Gasteiger partial charge in [-0.2, -0.15) is 11.2 Å². The maximum Gasteiger partial charge on any atom is 0.131 e. The molecular weight excluding hydrogens is 310 g/mol. The molecule has 0 amide bonds. The van der Waals surface area contributed by atoms with Crippen LogP contribution in [-0.4, -0.2) is 12.2 Å². The predicted molar refractivity (Wildman–Crippen MR) is 101 cm³/mol. The molecule has 116 valence electrons. The first-order valence-electron chi connectivity index (χ1n) is 7.83. The van der Waals surface area contributed by atoms with Crippen molar-refractivity contribution in [3.05, 3.63) is 23.2 Å². The van der Waals surface area contributed by atoms with Crippen molar-refractivity contribution in [2.75, 3.05) is 0 Å². The van der Waals surface area contributed by atoms with Crippen LogP contribution in [0, 0.1) is 6.92 Å². The molecule has 0 saturated carbocycles. The zero-order valence-corrected chi connectivity index (χ0v) is 16.9. The first-order chi connectivity index (χ1) is 9.77. The summed E-state index contributed by atoms with van der Waals surface area (Å²) in [7, 11) is -1.45. The summed E-state index contributed by atoms with van der Waals surface area (Å²) < 4.78 is 1.33. The third-order valence-corrected chi connectivity index (χ3v) is 17.7. The Morgan fingerprint density at radius 3 is 2.10 bits per heavy atom. The Labute approximate surface area is 138 Å². The van der Waals surface area contributed by atoms with Gasteiger partial charge in [0.1, 0.15) is 7.22 Å². The minimum absolute atomic E-state index is 0.779. The van der Waals surface area contributed by atoms with Crippen LogP contribution in [0.15, 0.2) is 23.1 Å². The number of nitrogens with zero attached hydrogens (tertiary/aromatic N) is 1. The molecule has 1 heterocycles. The highest BCUT2D eigenvalue weighted by Crippen LogP contribution is 2.52. The molecule has 0 fully saturated rings. The van der Waals surface area contributed by atoms with Crippen molar-refractivity contribution >= 4 is 40.0 Å². The summed E-state index contributed by atoms with van der Waals surface area (Å²) in [4.78, 5) is 6.02. The van der Waals surface area contributed by atoms with Gasteiger partial charge in [-0.1, -0.05) is 41.5 Å². The molecule has 0 N–H and O–H groups in total. The van der Waals surface area contributed by atoms with Gasteiger partial charge in [-0.15, -0.1) is 11.3 Å². The molecule has 0 bridgehead atoms. The summed E-state index contributed by atoms with van der Waals surface area (Å²) in [5.41, 5.74) is 3.48. The van der Waals surface area contributed by atoms with Crippen LogP contribution < -0.4 is 0 Å². The number of rotatable bonds is 5. The van der Waals surface area contributed by atoms with E-state index in [0.717, 1.165) is 27.1 Å². The van der Waals surface area contributed by atoms with Crippen LogP contribution in [0.25, 0.3) is 10.2 Å². The molecule has 2 rings (SSSR count). The van der Waals surface area contributed by atoms with Crippen molar-refractivity contribution in [2.45, 2.75) is 70.0 Å². The molecule has 0 saturated heterocycles. The van der Waals surface area contributed by atoms with Gasteiger partial charge in [-0.05, 0) is 41.7 Å². The minimum atomic E-state index is -1.45. The lowest BCUT2D eigenvalue weighted by molar-refractivity contribution is 0.851.